The molecule has 0 bridgehead atoms. The average Bonchev–Trinajstić information content (AvgIpc) is 2.34. The van der Waals surface area contributed by atoms with E-state index in [1.807, 2.05) is 0 Å². The van der Waals surface area contributed by atoms with E-state index in [0.717, 1.165) is 23.9 Å². The Balaban J connectivity index is 1.90. The van der Waals surface area contributed by atoms with Crippen molar-refractivity contribution < 1.29 is 0 Å². The first-order chi connectivity index (χ1) is 8.97. The van der Waals surface area contributed by atoms with E-state index in [9.17, 15) is 0 Å². The van der Waals surface area contributed by atoms with Crippen LogP contribution >= 0.6 is 0 Å². The molecule has 3 atom stereocenters. The van der Waals surface area contributed by atoms with Crippen LogP contribution < -0.4 is 0 Å². The highest BCUT2D eigenvalue weighted by atomic mass is 15.3. The minimum atomic E-state index is 0.753. The lowest BCUT2D eigenvalue weighted by molar-refractivity contribution is 0.00753. The van der Waals surface area contributed by atoms with Crippen LogP contribution in [-0.2, 0) is 0 Å². The lowest BCUT2D eigenvalue weighted by atomic mass is 9.87. The van der Waals surface area contributed by atoms with E-state index in [0.29, 0.717) is 0 Å². The molecular weight excluding hydrogens is 234 g/mol. The minimum Gasteiger partial charge on any atom is -0.304 e. The van der Waals surface area contributed by atoms with Gasteiger partial charge in [-0.3, -0.25) is 4.90 Å². The van der Waals surface area contributed by atoms with Crippen molar-refractivity contribution in [1.82, 2.24) is 14.7 Å². The van der Waals surface area contributed by atoms with Gasteiger partial charge in [-0.15, -0.1) is 0 Å². The van der Waals surface area contributed by atoms with Gasteiger partial charge in [0.1, 0.15) is 0 Å². The first-order valence-electron chi connectivity index (χ1n) is 8.14. The number of nitrogens with zero attached hydrogens (tertiary/aromatic N) is 3. The zero-order valence-corrected chi connectivity index (χ0v) is 13.6. The molecule has 2 saturated heterocycles. The topological polar surface area (TPSA) is 9.72 Å². The van der Waals surface area contributed by atoms with Crippen LogP contribution in [0.15, 0.2) is 0 Å². The van der Waals surface area contributed by atoms with Gasteiger partial charge in [-0.25, -0.2) is 0 Å². The highest BCUT2D eigenvalue weighted by Gasteiger charge is 2.35. The third-order valence-corrected chi connectivity index (χ3v) is 4.99. The molecule has 3 heteroatoms. The van der Waals surface area contributed by atoms with Gasteiger partial charge in [-0.1, -0.05) is 20.8 Å². The highest BCUT2D eigenvalue weighted by Crippen LogP contribution is 2.27. The second-order valence-corrected chi connectivity index (χ2v) is 7.32. The van der Waals surface area contributed by atoms with Crippen molar-refractivity contribution in [2.45, 2.75) is 46.2 Å². The number of piperazine rings is 1. The molecule has 0 spiro atoms. The first kappa shape index (κ1) is 15.3. The summed E-state index contributed by atoms with van der Waals surface area (Å²) in [5.74, 6) is 1.60. The van der Waals surface area contributed by atoms with E-state index < -0.39 is 0 Å². The van der Waals surface area contributed by atoms with Crippen LogP contribution in [0.1, 0.15) is 34.1 Å². The van der Waals surface area contributed by atoms with Gasteiger partial charge < -0.3 is 9.80 Å². The smallest absolute Gasteiger partial charge is 0.0149 e. The molecule has 112 valence electrons. The normalized spacial score (nSPS) is 36.0. The van der Waals surface area contributed by atoms with Crippen LogP contribution in [0.25, 0.3) is 0 Å². The van der Waals surface area contributed by atoms with Crippen LogP contribution in [0.5, 0.6) is 0 Å². The van der Waals surface area contributed by atoms with Crippen molar-refractivity contribution in [3.05, 3.63) is 0 Å². The average molecular weight is 267 g/mol. The van der Waals surface area contributed by atoms with Crippen molar-refractivity contribution in [2.75, 3.05) is 46.3 Å². The predicted molar refractivity (Wildman–Crippen MR) is 82.5 cm³/mol. The summed E-state index contributed by atoms with van der Waals surface area (Å²) >= 11 is 0. The molecule has 0 aromatic carbocycles. The van der Waals surface area contributed by atoms with Gasteiger partial charge in [-0.2, -0.15) is 0 Å². The van der Waals surface area contributed by atoms with Gasteiger partial charge in [0.2, 0.25) is 0 Å². The molecule has 3 nitrogen and oxygen atoms in total. The molecule has 2 aliphatic heterocycles. The van der Waals surface area contributed by atoms with E-state index in [1.54, 1.807) is 0 Å². The summed E-state index contributed by atoms with van der Waals surface area (Å²) in [6.45, 7) is 17.1. The SMILES string of the molecule is CC(C)CN1C[C@H](C)C(N2CCN(C)CC2)C[C@H]1C. The van der Waals surface area contributed by atoms with Crippen molar-refractivity contribution >= 4 is 0 Å². The molecule has 1 unspecified atom stereocenters. The van der Waals surface area contributed by atoms with Gasteiger partial charge in [0, 0.05) is 51.4 Å². The van der Waals surface area contributed by atoms with Gasteiger partial charge in [-0.05, 0) is 32.2 Å². The monoisotopic (exact) mass is 267 g/mol. The standard InChI is InChI=1S/C16H33N3/c1-13(2)11-19-12-14(3)16(10-15(19)4)18-8-6-17(5)7-9-18/h13-16H,6-12H2,1-5H3/t14-,15+,16?/m0/s1. The fraction of sp³-hybridized carbons (Fsp3) is 1.00. The summed E-state index contributed by atoms with van der Waals surface area (Å²) in [5, 5.41) is 0. The van der Waals surface area contributed by atoms with Gasteiger partial charge in [0.25, 0.3) is 0 Å². The van der Waals surface area contributed by atoms with Crippen LogP contribution in [0.3, 0.4) is 0 Å². The third-order valence-electron chi connectivity index (χ3n) is 4.99. The summed E-state index contributed by atoms with van der Waals surface area (Å²) in [6, 6.07) is 1.57. The van der Waals surface area contributed by atoms with Crippen LogP contribution in [0.2, 0.25) is 0 Å². The quantitative estimate of drug-likeness (QED) is 0.774. The fourth-order valence-electron chi connectivity index (χ4n) is 3.79. The maximum atomic E-state index is 2.76. The zero-order chi connectivity index (χ0) is 14.0. The maximum Gasteiger partial charge on any atom is 0.0149 e. The highest BCUT2D eigenvalue weighted by molar-refractivity contribution is 4.90. The Kier molecular flexibility index (Phi) is 5.27. The molecule has 2 rings (SSSR count). The molecular formula is C16H33N3. The number of rotatable bonds is 3. The summed E-state index contributed by atoms with van der Waals surface area (Å²) in [6.07, 6.45) is 1.36. The minimum absolute atomic E-state index is 0.753. The first-order valence-corrected chi connectivity index (χ1v) is 8.14. The summed E-state index contributed by atoms with van der Waals surface area (Å²) in [5.41, 5.74) is 0. The van der Waals surface area contributed by atoms with Gasteiger partial charge in [0.05, 0.1) is 0 Å². The Morgan fingerprint density at radius 1 is 1.05 bits per heavy atom. The fourth-order valence-corrected chi connectivity index (χ4v) is 3.79. The molecule has 0 aromatic rings. The number of likely N-dealkylation sites (N-methyl/N-ethyl adjacent to an activating group) is 1. The number of hydrogen-bond donors (Lipinski definition) is 0. The molecule has 2 aliphatic rings. The Labute approximate surface area is 119 Å². The van der Waals surface area contributed by atoms with Crippen molar-refractivity contribution in [1.29, 1.82) is 0 Å². The molecule has 0 N–H and O–H groups in total. The zero-order valence-electron chi connectivity index (χ0n) is 13.6. The van der Waals surface area contributed by atoms with Crippen molar-refractivity contribution in [3.8, 4) is 0 Å². The number of piperidine rings is 1. The van der Waals surface area contributed by atoms with Crippen LogP contribution in [-0.4, -0.2) is 73.1 Å². The lowest BCUT2D eigenvalue weighted by Crippen LogP contribution is -2.58. The molecule has 19 heavy (non-hydrogen) atoms. The summed E-state index contributed by atoms with van der Waals surface area (Å²) in [4.78, 5) is 7.92. The second-order valence-electron chi connectivity index (χ2n) is 7.32. The van der Waals surface area contributed by atoms with Crippen LogP contribution in [0, 0.1) is 11.8 Å². The molecule has 0 aromatic heterocycles. The van der Waals surface area contributed by atoms with Gasteiger partial charge in [0.15, 0.2) is 0 Å². The van der Waals surface area contributed by atoms with E-state index in [2.05, 4.69) is 49.4 Å². The molecule has 0 saturated carbocycles. The Hall–Kier alpha value is -0.120. The summed E-state index contributed by atoms with van der Waals surface area (Å²) < 4.78 is 0. The van der Waals surface area contributed by atoms with E-state index in [4.69, 9.17) is 0 Å². The Morgan fingerprint density at radius 2 is 1.68 bits per heavy atom. The van der Waals surface area contributed by atoms with Crippen molar-refractivity contribution in [2.24, 2.45) is 11.8 Å². The molecule has 0 radical (unpaired) electrons. The van der Waals surface area contributed by atoms with Crippen molar-refractivity contribution in [3.63, 3.8) is 0 Å². The third kappa shape index (κ3) is 3.93. The molecule has 2 fully saturated rings. The Bertz CT molecular complexity index is 271. The molecule has 0 amide bonds. The largest absolute Gasteiger partial charge is 0.304 e. The second kappa shape index (κ2) is 6.55. The number of hydrogen-bond acceptors (Lipinski definition) is 3. The predicted octanol–water partition coefficient (Wildman–Crippen LogP) is 1.99. The van der Waals surface area contributed by atoms with E-state index in [-0.39, 0.29) is 0 Å². The molecule has 2 heterocycles. The molecule has 0 aliphatic carbocycles. The van der Waals surface area contributed by atoms with E-state index in [1.165, 1.54) is 45.7 Å². The van der Waals surface area contributed by atoms with E-state index >= 15 is 0 Å². The maximum absolute atomic E-state index is 2.76. The van der Waals surface area contributed by atoms with Crippen LogP contribution in [0.4, 0.5) is 0 Å². The lowest BCUT2D eigenvalue weighted by Gasteiger charge is -2.48. The Morgan fingerprint density at radius 3 is 2.26 bits per heavy atom. The summed E-state index contributed by atoms with van der Waals surface area (Å²) in [7, 11) is 2.24. The van der Waals surface area contributed by atoms with Gasteiger partial charge >= 0.3 is 0 Å². The number of likely N-dealkylation sites (tertiary alicyclic amines) is 1.